The molecular formula is C17H15FN2O3. The Morgan fingerprint density at radius 2 is 2.09 bits per heavy atom. The average molecular weight is 314 g/mol. The number of benzene rings is 2. The highest BCUT2D eigenvalue weighted by atomic mass is 19.1. The molecule has 1 fully saturated rings. The maximum absolute atomic E-state index is 13.6. The lowest BCUT2D eigenvalue weighted by molar-refractivity contribution is -0.104. The molecule has 23 heavy (non-hydrogen) atoms. The first-order valence-electron chi connectivity index (χ1n) is 7.40. The molecule has 118 valence electrons. The number of aromatic nitrogens is 2. The summed E-state index contributed by atoms with van der Waals surface area (Å²) in [7, 11) is 0. The van der Waals surface area contributed by atoms with E-state index in [1.54, 1.807) is 35.0 Å². The molecule has 0 radical (unpaired) electrons. The van der Waals surface area contributed by atoms with E-state index in [2.05, 4.69) is 5.10 Å². The molecule has 0 amide bonds. The Labute approximate surface area is 131 Å². The van der Waals surface area contributed by atoms with Gasteiger partial charge in [0.2, 0.25) is 0 Å². The molecule has 2 N–H and O–H groups in total. The van der Waals surface area contributed by atoms with Crippen LogP contribution in [0.5, 0.6) is 5.75 Å². The molecule has 0 spiro atoms. The number of rotatable bonds is 3. The molecule has 2 heterocycles. The lowest BCUT2D eigenvalue weighted by atomic mass is 10.0. The number of hydrogen-bond acceptors (Lipinski definition) is 4. The maximum Gasteiger partial charge on any atom is 0.153 e. The number of hydrogen-bond donors (Lipinski definition) is 2. The van der Waals surface area contributed by atoms with Gasteiger partial charge in [-0.05, 0) is 36.4 Å². The largest absolute Gasteiger partial charge is 0.508 e. The van der Waals surface area contributed by atoms with Gasteiger partial charge in [-0.1, -0.05) is 0 Å². The van der Waals surface area contributed by atoms with Crippen LogP contribution in [-0.2, 0) is 11.3 Å². The smallest absolute Gasteiger partial charge is 0.153 e. The molecule has 6 heteroatoms. The molecule has 0 bridgehead atoms. The first-order valence-corrected chi connectivity index (χ1v) is 7.40. The van der Waals surface area contributed by atoms with E-state index in [4.69, 9.17) is 4.74 Å². The van der Waals surface area contributed by atoms with Crippen molar-refractivity contribution in [1.82, 2.24) is 9.78 Å². The van der Waals surface area contributed by atoms with Crippen LogP contribution in [0, 0.1) is 5.82 Å². The van der Waals surface area contributed by atoms with Crippen LogP contribution in [0.2, 0.25) is 0 Å². The molecule has 0 saturated carbocycles. The summed E-state index contributed by atoms with van der Waals surface area (Å²) in [6.07, 6.45) is 0.760. The number of aliphatic hydroxyl groups excluding tert-OH is 1. The Hall–Kier alpha value is -2.44. The van der Waals surface area contributed by atoms with Gasteiger partial charge in [0.1, 0.15) is 17.3 Å². The lowest BCUT2D eigenvalue weighted by Crippen LogP contribution is -2.25. The zero-order valence-corrected chi connectivity index (χ0v) is 12.2. The Morgan fingerprint density at radius 1 is 1.26 bits per heavy atom. The number of phenolic OH excluding ortho intramolecular Hbond substituents is 1. The minimum absolute atomic E-state index is 0.117. The van der Waals surface area contributed by atoms with Crippen molar-refractivity contribution >= 4 is 10.9 Å². The third kappa shape index (κ3) is 2.27. The van der Waals surface area contributed by atoms with E-state index in [1.807, 2.05) is 0 Å². The van der Waals surface area contributed by atoms with Crippen LogP contribution in [0.3, 0.4) is 0 Å². The van der Waals surface area contributed by atoms with E-state index < -0.39 is 5.82 Å². The number of aromatic hydroxyl groups is 1. The molecular weight excluding hydrogens is 299 g/mol. The Morgan fingerprint density at radius 3 is 2.78 bits per heavy atom. The number of halogens is 1. The quantitative estimate of drug-likeness (QED) is 0.780. The van der Waals surface area contributed by atoms with Crippen molar-refractivity contribution in [1.29, 1.82) is 0 Å². The summed E-state index contributed by atoms with van der Waals surface area (Å²) in [6, 6.07) is 9.54. The molecule has 5 nitrogen and oxygen atoms in total. The van der Waals surface area contributed by atoms with Gasteiger partial charge in [0.05, 0.1) is 18.7 Å². The molecule has 1 saturated heterocycles. The van der Waals surface area contributed by atoms with Crippen molar-refractivity contribution < 1.29 is 19.3 Å². The highest BCUT2D eigenvalue weighted by Gasteiger charge is 2.25. The molecule has 4 rings (SSSR count). The van der Waals surface area contributed by atoms with Crippen LogP contribution in [-0.4, -0.2) is 26.6 Å². The standard InChI is InChI=1S/C17H15FN2O3/c18-14-3-1-10(7-11(14)9-21)17-13-8-12(22)2-4-15(13)20(19-17)16-5-6-23-16/h1-4,7-8,16,21-22H,5-6,9H2. The van der Waals surface area contributed by atoms with Crippen LogP contribution in [0.4, 0.5) is 4.39 Å². The molecule has 0 aliphatic carbocycles. The number of phenols is 1. The lowest BCUT2D eigenvalue weighted by Gasteiger charge is -2.27. The second-order valence-electron chi connectivity index (χ2n) is 5.57. The Balaban J connectivity index is 1.93. The minimum Gasteiger partial charge on any atom is -0.508 e. The first kappa shape index (κ1) is 14.2. The van der Waals surface area contributed by atoms with Gasteiger partial charge in [-0.15, -0.1) is 0 Å². The fourth-order valence-corrected chi connectivity index (χ4v) is 2.82. The maximum atomic E-state index is 13.6. The third-order valence-corrected chi connectivity index (χ3v) is 4.13. The van der Waals surface area contributed by atoms with Crippen LogP contribution in [0.1, 0.15) is 18.2 Å². The molecule has 2 aromatic carbocycles. The van der Waals surface area contributed by atoms with Crippen LogP contribution in [0.25, 0.3) is 22.2 Å². The van der Waals surface area contributed by atoms with Crippen molar-refractivity contribution in [3.63, 3.8) is 0 Å². The van der Waals surface area contributed by atoms with E-state index in [9.17, 15) is 14.6 Å². The van der Waals surface area contributed by atoms with Crippen molar-refractivity contribution in [3.8, 4) is 17.0 Å². The van der Waals surface area contributed by atoms with Crippen LogP contribution in [0.15, 0.2) is 36.4 Å². The van der Waals surface area contributed by atoms with Gasteiger partial charge < -0.3 is 14.9 Å². The van der Waals surface area contributed by atoms with E-state index >= 15 is 0 Å². The minimum atomic E-state index is -0.454. The molecule has 1 unspecified atom stereocenters. The first-order chi connectivity index (χ1) is 11.2. The van der Waals surface area contributed by atoms with Crippen molar-refractivity contribution in [3.05, 3.63) is 47.8 Å². The number of fused-ring (bicyclic) bond motifs is 1. The average Bonchev–Trinajstić information content (AvgIpc) is 2.85. The van der Waals surface area contributed by atoms with Crippen molar-refractivity contribution in [2.45, 2.75) is 19.3 Å². The monoisotopic (exact) mass is 314 g/mol. The second kappa shape index (κ2) is 5.33. The Kier molecular flexibility index (Phi) is 3.28. The summed E-state index contributed by atoms with van der Waals surface area (Å²) < 4.78 is 20.9. The normalized spacial score (nSPS) is 17.4. The topological polar surface area (TPSA) is 67.5 Å². The van der Waals surface area contributed by atoms with Gasteiger partial charge in [0.25, 0.3) is 0 Å². The summed E-state index contributed by atoms with van der Waals surface area (Å²) in [5.41, 5.74) is 2.37. The van der Waals surface area contributed by atoms with E-state index in [-0.39, 0.29) is 24.1 Å². The highest BCUT2D eigenvalue weighted by molar-refractivity contribution is 5.94. The highest BCUT2D eigenvalue weighted by Crippen LogP contribution is 2.35. The summed E-state index contributed by atoms with van der Waals surface area (Å²) >= 11 is 0. The van der Waals surface area contributed by atoms with Crippen LogP contribution >= 0.6 is 0 Å². The van der Waals surface area contributed by atoms with Gasteiger partial charge in [-0.25, -0.2) is 9.07 Å². The molecule has 1 aliphatic heterocycles. The van der Waals surface area contributed by atoms with Crippen molar-refractivity contribution in [2.24, 2.45) is 0 Å². The van der Waals surface area contributed by atoms with Gasteiger partial charge in [-0.2, -0.15) is 5.10 Å². The summed E-state index contributed by atoms with van der Waals surface area (Å²) in [5.74, 6) is -0.317. The van der Waals surface area contributed by atoms with Gasteiger partial charge in [0, 0.05) is 22.9 Å². The van der Waals surface area contributed by atoms with E-state index in [1.165, 1.54) is 6.07 Å². The van der Waals surface area contributed by atoms with Gasteiger partial charge in [-0.3, -0.25) is 0 Å². The number of nitrogens with zero attached hydrogens (tertiary/aromatic N) is 2. The van der Waals surface area contributed by atoms with Gasteiger partial charge >= 0.3 is 0 Å². The fourth-order valence-electron chi connectivity index (χ4n) is 2.82. The van der Waals surface area contributed by atoms with Crippen LogP contribution < -0.4 is 0 Å². The summed E-state index contributed by atoms with van der Waals surface area (Å²) in [4.78, 5) is 0. The van der Waals surface area contributed by atoms with E-state index in [0.717, 1.165) is 17.3 Å². The SMILES string of the molecule is OCc1cc(-c2nn(C3CCO3)c3ccc(O)cc23)ccc1F. The predicted octanol–water partition coefficient (Wildman–Crippen LogP) is 2.96. The zero-order valence-electron chi connectivity index (χ0n) is 12.2. The molecule has 1 aliphatic rings. The number of aliphatic hydroxyl groups is 1. The molecule has 1 atom stereocenters. The Bertz CT molecular complexity index is 887. The summed E-state index contributed by atoms with van der Waals surface area (Å²) in [6.45, 7) is 0.319. The molecule has 3 aromatic rings. The fraction of sp³-hybridized carbons (Fsp3) is 0.235. The zero-order chi connectivity index (χ0) is 16.0. The predicted molar refractivity (Wildman–Crippen MR) is 82.3 cm³/mol. The molecule has 1 aromatic heterocycles. The second-order valence-corrected chi connectivity index (χ2v) is 5.57. The van der Waals surface area contributed by atoms with Gasteiger partial charge in [0.15, 0.2) is 6.23 Å². The third-order valence-electron chi connectivity index (χ3n) is 4.13. The summed E-state index contributed by atoms with van der Waals surface area (Å²) in [5, 5.41) is 24.4. The van der Waals surface area contributed by atoms with Crippen molar-refractivity contribution in [2.75, 3.05) is 6.61 Å². The van der Waals surface area contributed by atoms with E-state index in [0.29, 0.717) is 17.9 Å². The number of ether oxygens (including phenoxy) is 1.